The summed E-state index contributed by atoms with van der Waals surface area (Å²) in [5.74, 6) is 0.243. The lowest BCUT2D eigenvalue weighted by atomic mass is 10.1. The minimum Gasteiger partial charge on any atom is -0.348 e. The van der Waals surface area contributed by atoms with E-state index in [2.05, 4.69) is 31.7 Å². The number of hydrogen-bond acceptors (Lipinski definition) is 5. The van der Waals surface area contributed by atoms with Gasteiger partial charge in [-0.1, -0.05) is 17.7 Å². The Morgan fingerprint density at radius 2 is 1.76 bits per heavy atom. The zero-order valence-electron chi connectivity index (χ0n) is 14.2. The van der Waals surface area contributed by atoms with Gasteiger partial charge in [-0.25, -0.2) is 9.97 Å². The number of amides is 1. The summed E-state index contributed by atoms with van der Waals surface area (Å²) in [5.41, 5.74) is 4.66. The molecule has 3 aromatic rings. The zero-order chi connectivity index (χ0) is 17.6. The van der Waals surface area contributed by atoms with Gasteiger partial charge in [-0.3, -0.25) is 9.78 Å². The second-order valence-corrected chi connectivity index (χ2v) is 5.78. The van der Waals surface area contributed by atoms with Gasteiger partial charge in [0.05, 0.1) is 5.56 Å². The third kappa shape index (κ3) is 4.38. The highest BCUT2D eigenvalue weighted by molar-refractivity contribution is 5.93. The number of aromatic nitrogens is 3. The van der Waals surface area contributed by atoms with Gasteiger partial charge in [-0.15, -0.1) is 0 Å². The van der Waals surface area contributed by atoms with Crippen LogP contribution in [-0.4, -0.2) is 20.9 Å². The summed E-state index contributed by atoms with van der Waals surface area (Å²) < 4.78 is 0. The average Bonchev–Trinajstić information content (AvgIpc) is 2.63. The number of aryl methyl sites for hydroxylation is 2. The second-order valence-electron chi connectivity index (χ2n) is 5.78. The maximum absolute atomic E-state index is 12.2. The number of pyridine rings is 1. The molecule has 0 aliphatic rings. The Morgan fingerprint density at radius 3 is 2.44 bits per heavy atom. The van der Waals surface area contributed by atoms with Crippen molar-refractivity contribution in [2.45, 2.75) is 20.4 Å². The first-order valence-electron chi connectivity index (χ1n) is 7.95. The van der Waals surface area contributed by atoms with Crippen LogP contribution in [0.25, 0.3) is 0 Å². The molecule has 0 saturated heterocycles. The van der Waals surface area contributed by atoms with Crippen LogP contribution in [0.5, 0.6) is 0 Å². The molecule has 6 nitrogen and oxygen atoms in total. The molecule has 0 bridgehead atoms. The van der Waals surface area contributed by atoms with Gasteiger partial charge in [0, 0.05) is 37.0 Å². The molecule has 2 heterocycles. The molecule has 2 N–H and O–H groups in total. The van der Waals surface area contributed by atoms with Crippen molar-refractivity contribution in [3.8, 4) is 0 Å². The van der Waals surface area contributed by atoms with Crippen LogP contribution in [0.3, 0.4) is 0 Å². The Balaban J connectivity index is 1.62. The first-order chi connectivity index (χ1) is 12.1. The van der Waals surface area contributed by atoms with Crippen LogP contribution in [0, 0.1) is 13.8 Å². The molecule has 0 saturated carbocycles. The molecular weight excluding hydrogens is 314 g/mol. The quantitative estimate of drug-likeness (QED) is 0.750. The number of nitrogens with one attached hydrogen (secondary N) is 2. The van der Waals surface area contributed by atoms with Crippen LogP contribution >= 0.6 is 0 Å². The zero-order valence-corrected chi connectivity index (χ0v) is 14.2. The van der Waals surface area contributed by atoms with Crippen molar-refractivity contribution in [1.82, 2.24) is 20.3 Å². The molecule has 0 spiro atoms. The maximum atomic E-state index is 12.2. The summed E-state index contributed by atoms with van der Waals surface area (Å²) in [6.45, 7) is 4.51. The number of nitrogens with zero attached hydrogens (tertiary/aromatic N) is 3. The lowest BCUT2D eigenvalue weighted by Crippen LogP contribution is -2.23. The predicted molar refractivity (Wildman–Crippen MR) is 96.6 cm³/mol. The molecule has 0 fully saturated rings. The van der Waals surface area contributed by atoms with Gasteiger partial charge in [-0.05, 0) is 43.2 Å². The van der Waals surface area contributed by atoms with E-state index in [1.165, 1.54) is 18.0 Å². The van der Waals surface area contributed by atoms with E-state index < -0.39 is 0 Å². The number of carbonyl (C=O) groups is 1. The molecule has 126 valence electrons. The Labute approximate surface area is 146 Å². The second kappa shape index (κ2) is 7.53. The van der Waals surface area contributed by atoms with E-state index in [1.54, 1.807) is 12.4 Å². The molecule has 0 radical (unpaired) electrons. The van der Waals surface area contributed by atoms with Gasteiger partial charge in [0.25, 0.3) is 5.91 Å². The van der Waals surface area contributed by atoms with Gasteiger partial charge in [-0.2, -0.15) is 0 Å². The van der Waals surface area contributed by atoms with Crippen molar-refractivity contribution in [2.75, 3.05) is 5.32 Å². The molecule has 6 heteroatoms. The predicted octanol–water partition coefficient (Wildman–Crippen LogP) is 3.16. The minimum atomic E-state index is -0.213. The molecule has 25 heavy (non-hydrogen) atoms. The summed E-state index contributed by atoms with van der Waals surface area (Å²) in [5, 5.41) is 6.00. The van der Waals surface area contributed by atoms with E-state index in [4.69, 9.17) is 0 Å². The number of rotatable bonds is 5. The first-order valence-corrected chi connectivity index (χ1v) is 7.95. The number of anilines is 2. The maximum Gasteiger partial charge on any atom is 0.254 e. The third-order valence-electron chi connectivity index (χ3n) is 3.74. The van der Waals surface area contributed by atoms with Gasteiger partial charge < -0.3 is 10.6 Å². The third-order valence-corrected chi connectivity index (χ3v) is 3.74. The van der Waals surface area contributed by atoms with Crippen LogP contribution in [0.4, 0.5) is 11.6 Å². The molecule has 0 aliphatic carbocycles. The van der Waals surface area contributed by atoms with Crippen molar-refractivity contribution in [2.24, 2.45) is 0 Å². The summed E-state index contributed by atoms with van der Waals surface area (Å²) in [4.78, 5) is 24.5. The fourth-order valence-corrected chi connectivity index (χ4v) is 2.37. The molecule has 0 aliphatic heterocycles. The van der Waals surface area contributed by atoms with Crippen molar-refractivity contribution in [1.29, 1.82) is 0 Å². The number of carbonyl (C=O) groups excluding carboxylic acids is 1. The van der Waals surface area contributed by atoms with Gasteiger partial charge in [0.15, 0.2) is 0 Å². The number of hydrogen-bond donors (Lipinski definition) is 2. The lowest BCUT2D eigenvalue weighted by Gasteiger charge is -2.09. The molecule has 1 aromatic carbocycles. The fraction of sp³-hybridized carbons (Fsp3) is 0.158. The van der Waals surface area contributed by atoms with Crippen LogP contribution in [0.15, 0.2) is 55.1 Å². The smallest absolute Gasteiger partial charge is 0.254 e. The highest BCUT2D eigenvalue weighted by Gasteiger charge is 2.08. The molecule has 0 unspecified atom stereocenters. The van der Waals surface area contributed by atoms with E-state index in [-0.39, 0.29) is 5.91 Å². The van der Waals surface area contributed by atoms with Crippen LogP contribution < -0.4 is 10.6 Å². The topological polar surface area (TPSA) is 79.8 Å². The summed E-state index contributed by atoms with van der Waals surface area (Å²) in [6, 6.07) is 9.81. The average molecular weight is 333 g/mol. The first kappa shape index (κ1) is 16.6. The minimum absolute atomic E-state index is 0.213. The normalized spacial score (nSPS) is 10.3. The SMILES string of the molecule is Cc1ccc(Nc2ncc(C(=O)NCc3ccncc3)cn2)c(C)c1. The van der Waals surface area contributed by atoms with Gasteiger partial charge in [0.2, 0.25) is 5.95 Å². The van der Waals surface area contributed by atoms with E-state index in [1.807, 2.05) is 38.1 Å². The standard InChI is InChI=1S/C19H19N5O/c1-13-3-4-17(14(2)9-13)24-19-22-11-16(12-23-19)18(25)21-10-15-5-7-20-8-6-15/h3-9,11-12H,10H2,1-2H3,(H,21,25)(H,22,23,24). The van der Waals surface area contributed by atoms with Gasteiger partial charge in [0.1, 0.15) is 0 Å². The van der Waals surface area contributed by atoms with Crippen molar-refractivity contribution < 1.29 is 4.79 Å². The molecular formula is C19H19N5O. The fourth-order valence-electron chi connectivity index (χ4n) is 2.37. The van der Waals surface area contributed by atoms with Crippen LogP contribution in [-0.2, 0) is 6.54 Å². The molecule has 1 amide bonds. The van der Waals surface area contributed by atoms with Crippen molar-refractivity contribution in [3.63, 3.8) is 0 Å². The molecule has 3 rings (SSSR count). The Hall–Kier alpha value is -3.28. The van der Waals surface area contributed by atoms with Crippen molar-refractivity contribution in [3.05, 3.63) is 77.4 Å². The Kier molecular flexibility index (Phi) is 4.99. The molecule has 0 atom stereocenters. The van der Waals surface area contributed by atoms with Crippen LogP contribution in [0.1, 0.15) is 27.0 Å². The van der Waals surface area contributed by atoms with E-state index in [0.29, 0.717) is 18.1 Å². The summed E-state index contributed by atoms with van der Waals surface area (Å²) >= 11 is 0. The van der Waals surface area contributed by atoms with E-state index >= 15 is 0 Å². The van der Waals surface area contributed by atoms with E-state index in [9.17, 15) is 4.79 Å². The Morgan fingerprint density at radius 1 is 1.04 bits per heavy atom. The summed E-state index contributed by atoms with van der Waals surface area (Å²) in [6.07, 6.45) is 6.41. The highest BCUT2D eigenvalue weighted by Crippen LogP contribution is 2.19. The summed E-state index contributed by atoms with van der Waals surface area (Å²) in [7, 11) is 0. The molecule has 2 aromatic heterocycles. The highest BCUT2D eigenvalue weighted by atomic mass is 16.1. The lowest BCUT2D eigenvalue weighted by molar-refractivity contribution is 0.0950. The van der Waals surface area contributed by atoms with Crippen molar-refractivity contribution >= 4 is 17.5 Å². The van der Waals surface area contributed by atoms with Gasteiger partial charge >= 0.3 is 0 Å². The number of benzene rings is 1. The van der Waals surface area contributed by atoms with E-state index in [0.717, 1.165) is 16.8 Å². The van der Waals surface area contributed by atoms with Crippen LogP contribution in [0.2, 0.25) is 0 Å². The monoisotopic (exact) mass is 333 g/mol. The Bertz CT molecular complexity index is 863. The largest absolute Gasteiger partial charge is 0.348 e.